The molecule has 1 fully saturated rings. The van der Waals surface area contributed by atoms with Crippen molar-refractivity contribution in [3.63, 3.8) is 0 Å². The zero-order chi connectivity index (χ0) is 21.5. The van der Waals surface area contributed by atoms with E-state index >= 15 is 0 Å². The van der Waals surface area contributed by atoms with Gasteiger partial charge in [-0.3, -0.25) is 9.59 Å². The lowest BCUT2D eigenvalue weighted by molar-refractivity contribution is -0.128. The minimum Gasteiger partial charge on any atom is -0.492 e. The van der Waals surface area contributed by atoms with Crippen molar-refractivity contribution in [1.29, 1.82) is 0 Å². The van der Waals surface area contributed by atoms with Crippen LogP contribution in [0, 0.1) is 0 Å². The monoisotopic (exact) mass is 410 g/mol. The number of nitrogens with zero attached hydrogens (tertiary/aromatic N) is 1. The first-order chi connectivity index (χ1) is 14.5. The molecule has 1 unspecified atom stereocenters. The van der Waals surface area contributed by atoms with Crippen molar-refractivity contribution >= 4 is 23.5 Å². The zero-order valence-electron chi connectivity index (χ0n) is 17.2. The number of esters is 1. The summed E-state index contributed by atoms with van der Waals surface area (Å²) in [6.45, 7) is 5.15. The molecule has 1 aliphatic heterocycles. The van der Waals surface area contributed by atoms with E-state index in [1.54, 1.807) is 47.4 Å². The highest BCUT2D eigenvalue weighted by molar-refractivity contribution is 5.98. The molecule has 0 aromatic heterocycles. The standard InChI is InChI=1S/C23H26N2O5/c1-3-29-20-8-5-4-7-19(20)24-22(27)16(2)30-23(28)18-12-10-17(11-13-18)15-25-14-6-9-21(25)26/h4-5,7-8,10-13,16H,3,6,9,14-15H2,1-2H3,(H,24,27). The van der Waals surface area contributed by atoms with Gasteiger partial charge in [0.05, 0.1) is 17.9 Å². The van der Waals surface area contributed by atoms with E-state index in [0.717, 1.165) is 18.5 Å². The fourth-order valence-corrected chi connectivity index (χ4v) is 3.21. The van der Waals surface area contributed by atoms with E-state index in [1.165, 1.54) is 6.92 Å². The lowest BCUT2D eigenvalue weighted by Gasteiger charge is -2.16. The summed E-state index contributed by atoms with van der Waals surface area (Å²) >= 11 is 0. The molecule has 1 heterocycles. The van der Waals surface area contributed by atoms with Gasteiger partial charge < -0.3 is 19.7 Å². The summed E-state index contributed by atoms with van der Waals surface area (Å²) in [7, 11) is 0. The average molecular weight is 410 g/mol. The quantitative estimate of drug-likeness (QED) is 0.675. The van der Waals surface area contributed by atoms with Gasteiger partial charge in [0, 0.05) is 19.5 Å². The SMILES string of the molecule is CCOc1ccccc1NC(=O)C(C)OC(=O)c1ccc(CN2CCCC2=O)cc1. The van der Waals surface area contributed by atoms with Gasteiger partial charge in [0.25, 0.3) is 5.91 Å². The molecule has 1 saturated heterocycles. The Labute approximate surface area is 176 Å². The summed E-state index contributed by atoms with van der Waals surface area (Å²) in [4.78, 5) is 38.4. The van der Waals surface area contributed by atoms with Crippen molar-refractivity contribution in [2.45, 2.75) is 39.3 Å². The van der Waals surface area contributed by atoms with E-state index in [1.807, 2.05) is 13.0 Å². The Bertz CT molecular complexity index is 910. The molecule has 158 valence electrons. The van der Waals surface area contributed by atoms with E-state index in [4.69, 9.17) is 9.47 Å². The average Bonchev–Trinajstić information content (AvgIpc) is 3.14. The minimum atomic E-state index is -0.978. The largest absolute Gasteiger partial charge is 0.492 e. The summed E-state index contributed by atoms with van der Waals surface area (Å²) in [5.41, 5.74) is 1.81. The minimum absolute atomic E-state index is 0.157. The molecule has 0 bridgehead atoms. The Kier molecular flexibility index (Phi) is 7.06. The van der Waals surface area contributed by atoms with E-state index in [9.17, 15) is 14.4 Å². The number of carbonyl (C=O) groups excluding carboxylic acids is 3. The first-order valence-electron chi connectivity index (χ1n) is 10.1. The molecule has 0 aliphatic carbocycles. The molecule has 3 rings (SSSR count). The molecular formula is C23H26N2O5. The van der Waals surface area contributed by atoms with Gasteiger partial charge in [-0.2, -0.15) is 0 Å². The van der Waals surface area contributed by atoms with Gasteiger partial charge in [-0.25, -0.2) is 4.79 Å². The molecule has 2 amide bonds. The molecule has 7 nitrogen and oxygen atoms in total. The van der Waals surface area contributed by atoms with Crippen molar-refractivity contribution in [3.05, 3.63) is 59.7 Å². The maximum absolute atomic E-state index is 12.4. The molecule has 1 aliphatic rings. The number of rotatable bonds is 8. The molecule has 30 heavy (non-hydrogen) atoms. The van der Waals surface area contributed by atoms with Crippen molar-refractivity contribution in [2.75, 3.05) is 18.5 Å². The summed E-state index contributed by atoms with van der Waals surface area (Å²) in [5.74, 6) is -0.317. The fraction of sp³-hybridized carbons (Fsp3) is 0.348. The van der Waals surface area contributed by atoms with Crippen LogP contribution in [0.2, 0.25) is 0 Å². The number of hydrogen-bond donors (Lipinski definition) is 1. The smallest absolute Gasteiger partial charge is 0.338 e. The number of para-hydroxylation sites is 2. The van der Waals surface area contributed by atoms with Gasteiger partial charge in [-0.05, 0) is 50.1 Å². The van der Waals surface area contributed by atoms with Crippen LogP contribution in [0.5, 0.6) is 5.75 Å². The Morgan fingerprint density at radius 2 is 1.87 bits per heavy atom. The molecule has 1 atom stereocenters. The number of benzene rings is 2. The lowest BCUT2D eigenvalue weighted by Crippen LogP contribution is -2.30. The first kappa shape index (κ1) is 21.4. The second-order valence-corrected chi connectivity index (χ2v) is 7.08. The van der Waals surface area contributed by atoms with Gasteiger partial charge in [-0.1, -0.05) is 24.3 Å². The molecule has 2 aromatic carbocycles. The van der Waals surface area contributed by atoms with Crippen molar-refractivity contribution in [2.24, 2.45) is 0 Å². The molecule has 0 radical (unpaired) electrons. The number of anilines is 1. The lowest BCUT2D eigenvalue weighted by atomic mass is 10.1. The van der Waals surface area contributed by atoms with E-state index in [0.29, 0.717) is 36.6 Å². The Morgan fingerprint density at radius 1 is 1.13 bits per heavy atom. The highest BCUT2D eigenvalue weighted by Gasteiger charge is 2.22. The highest BCUT2D eigenvalue weighted by Crippen LogP contribution is 2.24. The number of carbonyl (C=O) groups is 3. The van der Waals surface area contributed by atoms with Gasteiger partial charge >= 0.3 is 5.97 Å². The molecule has 7 heteroatoms. The third-order valence-electron chi connectivity index (χ3n) is 4.83. The highest BCUT2D eigenvalue weighted by atomic mass is 16.5. The normalized spacial score (nSPS) is 14.3. The van der Waals surface area contributed by atoms with E-state index in [-0.39, 0.29) is 5.91 Å². The molecule has 2 aromatic rings. The summed E-state index contributed by atoms with van der Waals surface area (Å²) in [5, 5.41) is 2.73. The maximum atomic E-state index is 12.4. The summed E-state index contributed by atoms with van der Waals surface area (Å²) in [6.07, 6.45) is 0.506. The zero-order valence-corrected chi connectivity index (χ0v) is 17.2. The number of amides is 2. The Balaban J connectivity index is 1.56. The van der Waals surface area contributed by atoms with Gasteiger partial charge in [0.15, 0.2) is 6.10 Å². The predicted molar refractivity (Wildman–Crippen MR) is 112 cm³/mol. The van der Waals surface area contributed by atoms with E-state index < -0.39 is 18.0 Å². The van der Waals surface area contributed by atoms with Crippen LogP contribution in [-0.2, 0) is 20.9 Å². The summed E-state index contributed by atoms with van der Waals surface area (Å²) in [6, 6.07) is 14.0. The second kappa shape index (κ2) is 9.91. The summed E-state index contributed by atoms with van der Waals surface area (Å²) < 4.78 is 10.8. The van der Waals surface area contributed by atoms with Crippen LogP contribution in [0.1, 0.15) is 42.6 Å². The van der Waals surface area contributed by atoms with Crippen LogP contribution in [0.3, 0.4) is 0 Å². The molecule has 1 N–H and O–H groups in total. The van der Waals surface area contributed by atoms with Crippen LogP contribution in [-0.4, -0.2) is 41.9 Å². The van der Waals surface area contributed by atoms with Gasteiger partial charge in [-0.15, -0.1) is 0 Å². The number of likely N-dealkylation sites (tertiary alicyclic amines) is 1. The van der Waals surface area contributed by atoms with Crippen molar-refractivity contribution in [1.82, 2.24) is 4.90 Å². The Morgan fingerprint density at radius 3 is 2.53 bits per heavy atom. The van der Waals surface area contributed by atoms with Crippen LogP contribution in [0.15, 0.2) is 48.5 Å². The molecule has 0 saturated carbocycles. The Hall–Kier alpha value is -3.35. The topological polar surface area (TPSA) is 84.9 Å². The fourth-order valence-electron chi connectivity index (χ4n) is 3.21. The van der Waals surface area contributed by atoms with Gasteiger partial charge in [0.1, 0.15) is 5.75 Å². The van der Waals surface area contributed by atoms with Crippen LogP contribution >= 0.6 is 0 Å². The number of ether oxygens (including phenoxy) is 2. The number of hydrogen-bond acceptors (Lipinski definition) is 5. The predicted octanol–water partition coefficient (Wildman–Crippen LogP) is 3.39. The van der Waals surface area contributed by atoms with Crippen molar-refractivity contribution < 1.29 is 23.9 Å². The van der Waals surface area contributed by atoms with Crippen LogP contribution in [0.25, 0.3) is 0 Å². The van der Waals surface area contributed by atoms with Crippen LogP contribution < -0.4 is 10.1 Å². The van der Waals surface area contributed by atoms with Crippen molar-refractivity contribution in [3.8, 4) is 5.75 Å². The third-order valence-corrected chi connectivity index (χ3v) is 4.83. The van der Waals surface area contributed by atoms with Crippen LogP contribution in [0.4, 0.5) is 5.69 Å². The third kappa shape index (κ3) is 5.37. The number of nitrogens with one attached hydrogen (secondary N) is 1. The first-order valence-corrected chi connectivity index (χ1v) is 10.1. The molecule has 0 spiro atoms. The van der Waals surface area contributed by atoms with E-state index in [2.05, 4.69) is 5.32 Å². The molecular weight excluding hydrogens is 384 g/mol. The van der Waals surface area contributed by atoms with Gasteiger partial charge in [0.2, 0.25) is 5.91 Å². The second-order valence-electron chi connectivity index (χ2n) is 7.08. The maximum Gasteiger partial charge on any atom is 0.338 e.